The Morgan fingerprint density at radius 2 is 1.95 bits per heavy atom. The smallest absolute Gasteiger partial charge is 0.241 e. The van der Waals surface area contributed by atoms with Crippen molar-refractivity contribution >= 4 is 21.4 Å². The van der Waals surface area contributed by atoms with Crippen molar-refractivity contribution in [2.45, 2.75) is 38.5 Å². The summed E-state index contributed by atoms with van der Waals surface area (Å²) in [6, 6.07) is 1.73. The summed E-state index contributed by atoms with van der Waals surface area (Å²) in [5.41, 5.74) is 0.262. The zero-order chi connectivity index (χ0) is 16.2. The van der Waals surface area contributed by atoms with Crippen LogP contribution in [-0.2, 0) is 14.8 Å². The molecule has 0 bridgehead atoms. The summed E-state index contributed by atoms with van der Waals surface area (Å²) in [5, 5.41) is 3.36. The van der Waals surface area contributed by atoms with Crippen molar-refractivity contribution in [1.82, 2.24) is 10.0 Å². The molecule has 1 aliphatic heterocycles. The third-order valence-electron chi connectivity index (χ3n) is 4.13. The number of nitrogens with one attached hydrogen (secondary N) is 2. The van der Waals surface area contributed by atoms with Crippen LogP contribution in [-0.4, -0.2) is 41.3 Å². The van der Waals surface area contributed by atoms with E-state index in [2.05, 4.69) is 17.0 Å². The van der Waals surface area contributed by atoms with Crippen LogP contribution in [0.1, 0.15) is 29.5 Å². The second-order valence-electron chi connectivity index (χ2n) is 6.28. The van der Waals surface area contributed by atoms with Gasteiger partial charge in [0.1, 0.15) is 0 Å². The van der Waals surface area contributed by atoms with Crippen molar-refractivity contribution in [2.75, 3.05) is 32.8 Å². The highest BCUT2D eigenvalue weighted by atomic mass is 32.2. The molecule has 5 nitrogen and oxygen atoms in total. The SMILES string of the molecule is Cc1cc(S(=O)(=O)NCCNCC2(C)CCOCC2)c(C)s1. The monoisotopic (exact) mass is 346 g/mol. The molecule has 0 amide bonds. The van der Waals surface area contributed by atoms with Gasteiger partial charge in [-0.05, 0) is 38.2 Å². The molecule has 2 rings (SSSR count). The van der Waals surface area contributed by atoms with Crippen LogP contribution in [0.3, 0.4) is 0 Å². The van der Waals surface area contributed by atoms with Gasteiger partial charge < -0.3 is 10.1 Å². The van der Waals surface area contributed by atoms with E-state index >= 15 is 0 Å². The van der Waals surface area contributed by atoms with Gasteiger partial charge in [0.15, 0.2) is 0 Å². The second-order valence-corrected chi connectivity index (χ2v) is 9.47. The van der Waals surface area contributed by atoms with Gasteiger partial charge in [-0.15, -0.1) is 11.3 Å². The van der Waals surface area contributed by atoms with Crippen molar-refractivity contribution in [3.8, 4) is 0 Å². The molecule has 2 N–H and O–H groups in total. The molecule has 2 heterocycles. The molecule has 7 heteroatoms. The third kappa shape index (κ3) is 4.76. The molecule has 1 saturated heterocycles. The molecule has 126 valence electrons. The number of rotatable bonds is 7. The lowest BCUT2D eigenvalue weighted by molar-refractivity contribution is 0.0243. The van der Waals surface area contributed by atoms with Gasteiger partial charge in [-0.25, -0.2) is 13.1 Å². The number of ether oxygens (including phenoxy) is 1. The molecule has 0 radical (unpaired) electrons. The number of thiophene rings is 1. The lowest BCUT2D eigenvalue weighted by atomic mass is 9.82. The zero-order valence-corrected chi connectivity index (χ0v) is 15.2. The zero-order valence-electron chi connectivity index (χ0n) is 13.6. The molecule has 0 atom stereocenters. The van der Waals surface area contributed by atoms with Gasteiger partial charge in [-0.3, -0.25) is 0 Å². The first kappa shape index (κ1) is 17.9. The predicted octanol–water partition coefficient (Wildman–Crippen LogP) is 2.05. The maximum atomic E-state index is 12.2. The average molecular weight is 347 g/mol. The second kappa shape index (κ2) is 7.40. The van der Waals surface area contributed by atoms with Crippen molar-refractivity contribution < 1.29 is 13.2 Å². The predicted molar refractivity (Wildman–Crippen MR) is 90.0 cm³/mol. The first-order valence-electron chi connectivity index (χ1n) is 7.68. The van der Waals surface area contributed by atoms with E-state index in [0.29, 0.717) is 18.0 Å². The van der Waals surface area contributed by atoms with E-state index in [1.165, 1.54) is 11.3 Å². The Morgan fingerprint density at radius 3 is 2.55 bits per heavy atom. The Morgan fingerprint density at radius 1 is 1.27 bits per heavy atom. The largest absolute Gasteiger partial charge is 0.381 e. The molecule has 1 aromatic heterocycles. The minimum atomic E-state index is -3.39. The van der Waals surface area contributed by atoms with Crippen LogP contribution < -0.4 is 10.0 Å². The Kier molecular flexibility index (Phi) is 6.01. The van der Waals surface area contributed by atoms with Crippen LogP contribution >= 0.6 is 11.3 Å². The van der Waals surface area contributed by atoms with Crippen molar-refractivity contribution in [1.29, 1.82) is 0 Å². The quantitative estimate of drug-likeness (QED) is 0.742. The number of sulfonamides is 1. The first-order valence-corrected chi connectivity index (χ1v) is 9.98. The molecule has 1 fully saturated rings. The fourth-order valence-corrected chi connectivity index (χ4v) is 5.24. The van der Waals surface area contributed by atoms with E-state index in [-0.39, 0.29) is 5.41 Å². The normalized spacial score (nSPS) is 18.5. The Labute approximate surface area is 137 Å². The third-order valence-corrected chi connectivity index (χ3v) is 6.81. The van der Waals surface area contributed by atoms with Crippen LogP contribution in [0.25, 0.3) is 0 Å². The van der Waals surface area contributed by atoms with Crippen LogP contribution in [0.5, 0.6) is 0 Å². The van der Waals surface area contributed by atoms with Gasteiger partial charge in [-0.2, -0.15) is 0 Å². The molecule has 1 aliphatic rings. The molecular formula is C15H26N2O3S2. The molecule has 22 heavy (non-hydrogen) atoms. The molecule has 1 aromatic rings. The van der Waals surface area contributed by atoms with E-state index in [0.717, 1.165) is 42.4 Å². The summed E-state index contributed by atoms with van der Waals surface area (Å²) in [6.45, 7) is 9.60. The van der Waals surface area contributed by atoms with Crippen LogP contribution in [0, 0.1) is 19.3 Å². The maximum Gasteiger partial charge on any atom is 0.241 e. The van der Waals surface area contributed by atoms with Gasteiger partial charge in [0.25, 0.3) is 0 Å². The highest BCUT2D eigenvalue weighted by molar-refractivity contribution is 7.89. The van der Waals surface area contributed by atoms with E-state index < -0.39 is 10.0 Å². The number of hydrogen-bond donors (Lipinski definition) is 2. The Bertz CT molecular complexity index is 590. The van der Waals surface area contributed by atoms with Gasteiger partial charge in [0.2, 0.25) is 10.0 Å². The Hall–Kier alpha value is -0.470. The summed E-state index contributed by atoms with van der Waals surface area (Å²) in [7, 11) is -3.39. The average Bonchev–Trinajstić information content (AvgIpc) is 2.79. The summed E-state index contributed by atoms with van der Waals surface area (Å²) >= 11 is 1.51. The lowest BCUT2D eigenvalue weighted by Gasteiger charge is -2.33. The summed E-state index contributed by atoms with van der Waals surface area (Å²) < 4.78 is 32.5. The fourth-order valence-electron chi connectivity index (χ4n) is 2.66. The number of aryl methyl sites for hydroxylation is 2. The fraction of sp³-hybridized carbons (Fsp3) is 0.733. The summed E-state index contributed by atoms with van der Waals surface area (Å²) in [5.74, 6) is 0. The standard InChI is InChI=1S/C15H26N2O3S2/c1-12-10-14(13(2)21-12)22(18,19)17-7-6-16-11-15(3)4-8-20-9-5-15/h10,16-17H,4-9,11H2,1-3H3. The van der Waals surface area contributed by atoms with Gasteiger partial charge >= 0.3 is 0 Å². The van der Waals surface area contributed by atoms with Crippen molar-refractivity contribution in [3.63, 3.8) is 0 Å². The maximum absolute atomic E-state index is 12.2. The lowest BCUT2D eigenvalue weighted by Crippen LogP contribution is -2.40. The van der Waals surface area contributed by atoms with Crippen LogP contribution in [0.2, 0.25) is 0 Å². The molecule has 0 spiro atoms. The van der Waals surface area contributed by atoms with Crippen LogP contribution in [0.15, 0.2) is 11.0 Å². The topological polar surface area (TPSA) is 67.4 Å². The van der Waals surface area contributed by atoms with E-state index in [1.807, 2.05) is 13.8 Å². The van der Waals surface area contributed by atoms with Crippen LogP contribution in [0.4, 0.5) is 0 Å². The van der Waals surface area contributed by atoms with Gasteiger partial charge in [0.05, 0.1) is 4.90 Å². The molecule has 0 aliphatic carbocycles. The summed E-state index contributed by atoms with van der Waals surface area (Å²) in [4.78, 5) is 2.27. The highest BCUT2D eigenvalue weighted by Crippen LogP contribution is 2.28. The highest BCUT2D eigenvalue weighted by Gasteiger charge is 2.26. The van der Waals surface area contributed by atoms with E-state index in [4.69, 9.17) is 4.74 Å². The summed E-state index contributed by atoms with van der Waals surface area (Å²) in [6.07, 6.45) is 2.11. The number of hydrogen-bond acceptors (Lipinski definition) is 5. The minimum Gasteiger partial charge on any atom is -0.381 e. The van der Waals surface area contributed by atoms with Gasteiger partial charge in [-0.1, -0.05) is 6.92 Å². The minimum absolute atomic E-state index is 0.262. The first-order chi connectivity index (χ1) is 10.3. The molecule has 0 aromatic carbocycles. The molecule has 0 unspecified atom stereocenters. The molecular weight excluding hydrogens is 320 g/mol. The van der Waals surface area contributed by atoms with E-state index in [9.17, 15) is 8.42 Å². The van der Waals surface area contributed by atoms with Crippen molar-refractivity contribution in [2.24, 2.45) is 5.41 Å². The Balaban J connectivity index is 1.75. The van der Waals surface area contributed by atoms with Gasteiger partial charge in [0, 0.05) is 42.6 Å². The molecule has 0 saturated carbocycles. The van der Waals surface area contributed by atoms with E-state index in [1.54, 1.807) is 6.07 Å². The van der Waals surface area contributed by atoms with Crippen molar-refractivity contribution in [3.05, 3.63) is 15.8 Å².